The molecule has 0 radical (unpaired) electrons. The minimum atomic E-state index is -4.01. The molecule has 1 amide bonds. The van der Waals surface area contributed by atoms with E-state index in [4.69, 9.17) is 11.6 Å². The van der Waals surface area contributed by atoms with Gasteiger partial charge in [0.1, 0.15) is 5.82 Å². The molecule has 41 heavy (non-hydrogen) atoms. The molecule has 11 heteroatoms. The van der Waals surface area contributed by atoms with E-state index in [1.165, 1.54) is 28.1 Å². The molecule has 0 saturated carbocycles. The first-order valence-electron chi connectivity index (χ1n) is 13.7. The van der Waals surface area contributed by atoms with Crippen LogP contribution in [0.4, 0.5) is 14.5 Å². The highest BCUT2D eigenvalue weighted by Crippen LogP contribution is 2.43. The lowest BCUT2D eigenvalue weighted by atomic mass is 9.90. The molecule has 1 N–H and O–H groups in total. The number of piperazine rings is 1. The van der Waals surface area contributed by atoms with E-state index < -0.39 is 27.4 Å². The van der Waals surface area contributed by atoms with Crippen molar-refractivity contribution in [3.63, 3.8) is 0 Å². The molecule has 216 valence electrons. The lowest BCUT2D eigenvalue weighted by Gasteiger charge is -2.43. The highest BCUT2D eigenvalue weighted by atomic mass is 35.5. The van der Waals surface area contributed by atoms with Crippen LogP contribution in [0.5, 0.6) is 5.75 Å². The second-order valence-corrected chi connectivity index (χ2v) is 13.3. The van der Waals surface area contributed by atoms with Crippen molar-refractivity contribution in [2.75, 3.05) is 31.1 Å². The summed E-state index contributed by atoms with van der Waals surface area (Å²) in [5.41, 5.74) is 1.48. The number of piperidine rings is 1. The largest absolute Gasteiger partial charge is 0.503 e. The Bertz CT molecular complexity index is 1570. The van der Waals surface area contributed by atoms with Gasteiger partial charge in [0.2, 0.25) is 10.0 Å². The van der Waals surface area contributed by atoms with Crippen molar-refractivity contribution >= 4 is 33.2 Å². The Balaban J connectivity index is 1.22. The quantitative estimate of drug-likeness (QED) is 0.424. The van der Waals surface area contributed by atoms with E-state index in [0.717, 1.165) is 12.1 Å². The third kappa shape index (κ3) is 5.17. The average molecular weight is 602 g/mol. The Labute approximate surface area is 243 Å². The number of halogens is 3. The molecule has 7 nitrogen and oxygen atoms in total. The lowest BCUT2D eigenvalue weighted by Crippen LogP contribution is -2.55. The van der Waals surface area contributed by atoms with Crippen LogP contribution in [0.3, 0.4) is 0 Å². The van der Waals surface area contributed by atoms with Crippen LogP contribution in [0, 0.1) is 11.6 Å². The number of carbonyl (C=O) groups is 1. The molecule has 3 aliphatic heterocycles. The van der Waals surface area contributed by atoms with Gasteiger partial charge in [0.05, 0.1) is 21.2 Å². The van der Waals surface area contributed by atoms with Crippen LogP contribution in [0.25, 0.3) is 0 Å². The summed E-state index contributed by atoms with van der Waals surface area (Å²) in [4.78, 5) is 16.5. The van der Waals surface area contributed by atoms with E-state index in [2.05, 4.69) is 0 Å². The van der Waals surface area contributed by atoms with Gasteiger partial charge < -0.3 is 14.9 Å². The van der Waals surface area contributed by atoms with Crippen LogP contribution in [0.2, 0.25) is 5.02 Å². The van der Waals surface area contributed by atoms with Gasteiger partial charge in [0, 0.05) is 38.3 Å². The van der Waals surface area contributed by atoms with Crippen molar-refractivity contribution < 1.29 is 27.1 Å². The highest BCUT2D eigenvalue weighted by Gasteiger charge is 2.43. The molecule has 2 atom stereocenters. The third-order valence-electron chi connectivity index (χ3n) is 8.59. The Hall–Kier alpha value is -3.21. The number of hydrogen-bond acceptors (Lipinski definition) is 5. The SMILES string of the molecule is O=C(c1ccc(F)cc1Cl)N1CC2CCC(C1)N2c1cc(S(=O)(=O)N2CCC(c3ccccc3)CC2)cc(F)c1O. The summed E-state index contributed by atoms with van der Waals surface area (Å²) in [7, 11) is -4.01. The number of rotatable bonds is 5. The van der Waals surface area contributed by atoms with Crippen molar-refractivity contribution in [1.82, 2.24) is 9.21 Å². The normalized spacial score (nSPS) is 21.8. The zero-order valence-electron chi connectivity index (χ0n) is 22.2. The van der Waals surface area contributed by atoms with Crippen molar-refractivity contribution in [3.05, 3.63) is 88.4 Å². The number of likely N-dealkylation sites (tertiary alicyclic amines) is 1. The molecule has 3 fully saturated rings. The van der Waals surface area contributed by atoms with E-state index >= 15 is 4.39 Å². The van der Waals surface area contributed by atoms with Crippen molar-refractivity contribution in [2.24, 2.45) is 0 Å². The number of aromatic hydroxyl groups is 1. The van der Waals surface area contributed by atoms with Crippen LogP contribution in [0.15, 0.2) is 65.6 Å². The number of phenols is 1. The maximum absolute atomic E-state index is 15.1. The molecule has 6 rings (SSSR count). The summed E-state index contributed by atoms with van der Waals surface area (Å²) < 4.78 is 57.2. The summed E-state index contributed by atoms with van der Waals surface area (Å²) in [5, 5.41) is 10.8. The third-order valence-corrected chi connectivity index (χ3v) is 10.8. The predicted octanol–water partition coefficient (Wildman–Crippen LogP) is 5.39. The minimum absolute atomic E-state index is 0.0233. The van der Waals surface area contributed by atoms with Gasteiger partial charge in [-0.1, -0.05) is 41.9 Å². The number of carbonyl (C=O) groups excluding carboxylic acids is 1. The smallest absolute Gasteiger partial charge is 0.255 e. The van der Waals surface area contributed by atoms with Gasteiger partial charge in [0.25, 0.3) is 5.91 Å². The van der Waals surface area contributed by atoms with Gasteiger partial charge >= 0.3 is 0 Å². The van der Waals surface area contributed by atoms with Gasteiger partial charge in [0.15, 0.2) is 11.6 Å². The van der Waals surface area contributed by atoms with Gasteiger partial charge in [-0.05, 0) is 67.5 Å². The summed E-state index contributed by atoms with van der Waals surface area (Å²) in [5.74, 6) is -2.23. The molecule has 0 aromatic heterocycles. The monoisotopic (exact) mass is 601 g/mol. The molecular weight excluding hydrogens is 572 g/mol. The summed E-state index contributed by atoms with van der Waals surface area (Å²) >= 11 is 6.12. The van der Waals surface area contributed by atoms with E-state index in [1.54, 1.807) is 4.90 Å². The van der Waals surface area contributed by atoms with Gasteiger partial charge in [-0.15, -0.1) is 0 Å². The van der Waals surface area contributed by atoms with Crippen molar-refractivity contribution in [3.8, 4) is 5.75 Å². The fourth-order valence-electron chi connectivity index (χ4n) is 6.51. The first-order valence-corrected chi connectivity index (χ1v) is 15.6. The second kappa shape index (κ2) is 10.9. The summed E-state index contributed by atoms with van der Waals surface area (Å²) in [6.45, 7) is 1.18. The average Bonchev–Trinajstić information content (AvgIpc) is 3.22. The van der Waals surface area contributed by atoms with Crippen LogP contribution in [-0.2, 0) is 10.0 Å². The number of hydrogen-bond donors (Lipinski definition) is 1. The Morgan fingerprint density at radius 3 is 2.20 bits per heavy atom. The number of fused-ring (bicyclic) bond motifs is 2. The van der Waals surface area contributed by atoms with E-state index in [9.17, 15) is 22.7 Å². The Kier molecular flexibility index (Phi) is 7.42. The standard InChI is InChI=1S/C30H30ClF2N3O4S/c31-26-14-21(32)6-9-25(26)30(38)34-17-22-7-8-23(18-34)36(22)28-16-24(15-27(33)29(28)37)41(39,40)35-12-10-20(11-13-35)19-4-2-1-3-5-19/h1-6,9,14-16,20,22-23,37H,7-8,10-13,17-18H2. The van der Waals surface area contributed by atoms with Crippen LogP contribution >= 0.6 is 11.6 Å². The summed E-state index contributed by atoms with van der Waals surface area (Å²) in [6, 6.07) is 15.3. The Morgan fingerprint density at radius 2 is 1.56 bits per heavy atom. The minimum Gasteiger partial charge on any atom is -0.503 e. The van der Waals surface area contributed by atoms with Crippen LogP contribution in [0.1, 0.15) is 47.5 Å². The molecule has 0 aliphatic carbocycles. The lowest BCUT2D eigenvalue weighted by molar-refractivity contribution is 0.0718. The zero-order chi connectivity index (χ0) is 28.9. The molecule has 3 aromatic carbocycles. The number of nitrogens with zero attached hydrogens (tertiary/aromatic N) is 3. The molecule has 2 unspecified atom stereocenters. The summed E-state index contributed by atoms with van der Waals surface area (Å²) in [6.07, 6.45) is 2.68. The maximum Gasteiger partial charge on any atom is 0.255 e. The van der Waals surface area contributed by atoms with Gasteiger partial charge in [-0.25, -0.2) is 17.2 Å². The molecule has 0 spiro atoms. The van der Waals surface area contributed by atoms with Crippen molar-refractivity contribution in [1.29, 1.82) is 0 Å². The fraction of sp³-hybridized carbons (Fsp3) is 0.367. The topological polar surface area (TPSA) is 81.2 Å². The molecule has 2 bridgehead atoms. The molecule has 3 heterocycles. The number of benzene rings is 3. The highest BCUT2D eigenvalue weighted by molar-refractivity contribution is 7.89. The molecular formula is C30H30ClF2N3O4S. The van der Waals surface area contributed by atoms with E-state index in [-0.39, 0.29) is 58.2 Å². The zero-order valence-corrected chi connectivity index (χ0v) is 23.8. The van der Waals surface area contributed by atoms with E-state index in [0.29, 0.717) is 38.8 Å². The van der Waals surface area contributed by atoms with Crippen molar-refractivity contribution in [2.45, 2.75) is 48.6 Å². The second-order valence-electron chi connectivity index (χ2n) is 11.0. The molecule has 3 aliphatic rings. The fourth-order valence-corrected chi connectivity index (χ4v) is 8.26. The number of anilines is 1. The first kappa shape index (κ1) is 27.9. The maximum atomic E-state index is 15.1. The number of sulfonamides is 1. The Morgan fingerprint density at radius 1 is 0.902 bits per heavy atom. The predicted molar refractivity (Wildman–Crippen MR) is 152 cm³/mol. The van der Waals surface area contributed by atoms with Gasteiger partial charge in [-0.2, -0.15) is 4.31 Å². The number of phenolic OH excluding ortho intramolecular Hbond substituents is 1. The molecule has 3 aromatic rings. The number of amides is 1. The first-order chi connectivity index (χ1) is 19.6. The van der Waals surface area contributed by atoms with E-state index in [1.807, 2.05) is 35.2 Å². The molecule has 3 saturated heterocycles. The van der Waals surface area contributed by atoms with Crippen LogP contribution in [-0.4, -0.2) is 66.9 Å². The van der Waals surface area contributed by atoms with Gasteiger partial charge in [-0.3, -0.25) is 4.79 Å². The van der Waals surface area contributed by atoms with Crippen LogP contribution < -0.4 is 4.90 Å².